The molecule has 6 heteroatoms. The Bertz CT molecular complexity index is 661. The highest BCUT2D eigenvalue weighted by atomic mass is 19.1. The van der Waals surface area contributed by atoms with Crippen LogP contribution >= 0.6 is 0 Å². The molecule has 3 rings (SSSR count). The van der Waals surface area contributed by atoms with Gasteiger partial charge in [-0.2, -0.15) is 0 Å². The topological polar surface area (TPSA) is 45.2 Å². The van der Waals surface area contributed by atoms with Gasteiger partial charge in [0.05, 0.1) is 23.1 Å². The number of aromatic nitrogens is 3. The summed E-state index contributed by atoms with van der Waals surface area (Å²) in [5.74, 6) is -0.245. The molecule has 23 heavy (non-hydrogen) atoms. The summed E-state index contributed by atoms with van der Waals surface area (Å²) in [5, 5.41) is 0. The van der Waals surface area contributed by atoms with Gasteiger partial charge in [-0.1, -0.05) is 0 Å². The average Bonchev–Trinajstić information content (AvgIpc) is 2.97. The SMILES string of the molecule is CN(C)Cc1cncc(C2CCCN2Cc2ncccc2F)n1. The van der Waals surface area contributed by atoms with Crippen molar-refractivity contribution >= 4 is 0 Å². The van der Waals surface area contributed by atoms with Crippen molar-refractivity contribution in [3.8, 4) is 0 Å². The molecule has 0 aliphatic carbocycles. The van der Waals surface area contributed by atoms with Crippen LogP contribution in [-0.4, -0.2) is 45.4 Å². The molecule has 2 aromatic rings. The highest BCUT2D eigenvalue weighted by molar-refractivity contribution is 5.12. The van der Waals surface area contributed by atoms with E-state index in [4.69, 9.17) is 4.98 Å². The molecule has 1 atom stereocenters. The summed E-state index contributed by atoms with van der Waals surface area (Å²) < 4.78 is 13.9. The van der Waals surface area contributed by atoms with Gasteiger partial charge in [-0.05, 0) is 45.6 Å². The Labute approximate surface area is 136 Å². The van der Waals surface area contributed by atoms with Crippen molar-refractivity contribution in [2.75, 3.05) is 20.6 Å². The van der Waals surface area contributed by atoms with Crippen LogP contribution in [0.25, 0.3) is 0 Å². The first-order valence-corrected chi connectivity index (χ1v) is 7.92. The molecule has 0 aromatic carbocycles. The van der Waals surface area contributed by atoms with Crippen molar-refractivity contribution in [2.24, 2.45) is 0 Å². The van der Waals surface area contributed by atoms with Gasteiger partial charge in [-0.25, -0.2) is 4.39 Å². The second-order valence-electron chi connectivity index (χ2n) is 6.23. The molecular formula is C17H22FN5. The molecule has 0 bridgehead atoms. The first-order chi connectivity index (χ1) is 11.1. The summed E-state index contributed by atoms with van der Waals surface area (Å²) in [6.45, 7) is 2.21. The monoisotopic (exact) mass is 315 g/mol. The largest absolute Gasteiger partial charge is 0.304 e. The Morgan fingerprint density at radius 1 is 1.35 bits per heavy atom. The maximum absolute atomic E-state index is 13.9. The van der Waals surface area contributed by atoms with Gasteiger partial charge >= 0.3 is 0 Å². The molecule has 1 aliphatic rings. The first kappa shape index (κ1) is 16.0. The van der Waals surface area contributed by atoms with Crippen LogP contribution in [0.4, 0.5) is 4.39 Å². The van der Waals surface area contributed by atoms with Crippen molar-refractivity contribution in [2.45, 2.75) is 32.0 Å². The Kier molecular flexibility index (Phi) is 4.93. The lowest BCUT2D eigenvalue weighted by atomic mass is 10.1. The minimum Gasteiger partial charge on any atom is -0.304 e. The van der Waals surface area contributed by atoms with E-state index in [9.17, 15) is 4.39 Å². The lowest BCUT2D eigenvalue weighted by Crippen LogP contribution is -2.25. The maximum atomic E-state index is 13.9. The van der Waals surface area contributed by atoms with E-state index >= 15 is 0 Å². The fraction of sp³-hybridized carbons (Fsp3) is 0.471. The van der Waals surface area contributed by atoms with Crippen LogP contribution < -0.4 is 0 Å². The van der Waals surface area contributed by atoms with Gasteiger partial charge in [-0.15, -0.1) is 0 Å². The summed E-state index contributed by atoms with van der Waals surface area (Å²) in [6, 6.07) is 3.27. The summed E-state index contributed by atoms with van der Waals surface area (Å²) in [7, 11) is 4.03. The smallest absolute Gasteiger partial charge is 0.146 e. The zero-order valence-corrected chi connectivity index (χ0v) is 13.6. The standard InChI is InChI=1S/C17H22FN5/c1-22(2)11-13-9-19-10-15(21-13)17-6-4-8-23(17)12-16-14(18)5-3-7-20-16/h3,5,7,9-10,17H,4,6,8,11-12H2,1-2H3. The second-order valence-corrected chi connectivity index (χ2v) is 6.23. The number of halogens is 1. The Balaban J connectivity index is 1.77. The van der Waals surface area contributed by atoms with Gasteiger partial charge in [-0.3, -0.25) is 19.9 Å². The quantitative estimate of drug-likeness (QED) is 0.848. The van der Waals surface area contributed by atoms with Crippen molar-refractivity contribution in [3.05, 3.63) is 53.6 Å². The van der Waals surface area contributed by atoms with E-state index in [1.807, 2.05) is 20.3 Å². The van der Waals surface area contributed by atoms with Gasteiger partial charge < -0.3 is 4.90 Å². The van der Waals surface area contributed by atoms with Gasteiger partial charge in [0.1, 0.15) is 5.82 Å². The van der Waals surface area contributed by atoms with Crippen molar-refractivity contribution < 1.29 is 4.39 Å². The molecule has 1 aliphatic heterocycles. The lowest BCUT2D eigenvalue weighted by Gasteiger charge is -2.24. The predicted molar refractivity (Wildman–Crippen MR) is 86.0 cm³/mol. The van der Waals surface area contributed by atoms with E-state index in [1.165, 1.54) is 6.07 Å². The van der Waals surface area contributed by atoms with Crippen molar-refractivity contribution in [3.63, 3.8) is 0 Å². The van der Waals surface area contributed by atoms with Gasteiger partial charge in [0.15, 0.2) is 0 Å². The predicted octanol–water partition coefficient (Wildman–Crippen LogP) is 2.41. The second kappa shape index (κ2) is 7.10. The Hall–Kier alpha value is -1.92. The van der Waals surface area contributed by atoms with Crippen molar-refractivity contribution in [1.29, 1.82) is 0 Å². The fourth-order valence-corrected chi connectivity index (χ4v) is 3.06. The summed E-state index contributed by atoms with van der Waals surface area (Å²) in [6.07, 6.45) is 7.38. The van der Waals surface area contributed by atoms with Crippen LogP contribution in [0.2, 0.25) is 0 Å². The molecule has 1 saturated heterocycles. The molecule has 3 heterocycles. The van der Waals surface area contributed by atoms with Crippen LogP contribution in [0.5, 0.6) is 0 Å². The van der Waals surface area contributed by atoms with Crippen LogP contribution in [-0.2, 0) is 13.1 Å². The van der Waals surface area contributed by atoms with Crippen LogP contribution in [0.15, 0.2) is 30.7 Å². The third-order valence-corrected chi connectivity index (χ3v) is 4.07. The average molecular weight is 315 g/mol. The van der Waals surface area contributed by atoms with Crippen molar-refractivity contribution in [1.82, 2.24) is 24.8 Å². The lowest BCUT2D eigenvalue weighted by molar-refractivity contribution is 0.236. The van der Waals surface area contributed by atoms with Crippen LogP contribution in [0.1, 0.15) is 36.0 Å². The fourth-order valence-electron chi connectivity index (χ4n) is 3.06. The van der Waals surface area contributed by atoms with Gasteiger partial charge in [0.2, 0.25) is 0 Å². The van der Waals surface area contributed by atoms with Crippen LogP contribution in [0.3, 0.4) is 0 Å². The zero-order valence-electron chi connectivity index (χ0n) is 13.6. The molecule has 2 aromatic heterocycles. The maximum Gasteiger partial charge on any atom is 0.146 e. The van der Waals surface area contributed by atoms with Crippen LogP contribution in [0, 0.1) is 5.82 Å². The van der Waals surface area contributed by atoms with E-state index in [0.717, 1.165) is 37.3 Å². The number of hydrogen-bond donors (Lipinski definition) is 0. The third kappa shape index (κ3) is 3.89. The molecular weight excluding hydrogens is 293 g/mol. The Morgan fingerprint density at radius 2 is 2.22 bits per heavy atom. The number of rotatable bonds is 5. The highest BCUT2D eigenvalue weighted by Crippen LogP contribution is 2.31. The molecule has 0 N–H and O–H groups in total. The molecule has 0 amide bonds. The number of likely N-dealkylation sites (tertiary alicyclic amines) is 1. The number of pyridine rings is 1. The number of nitrogens with zero attached hydrogens (tertiary/aromatic N) is 5. The highest BCUT2D eigenvalue weighted by Gasteiger charge is 2.28. The Morgan fingerprint density at radius 3 is 3.00 bits per heavy atom. The minimum absolute atomic E-state index is 0.186. The molecule has 0 saturated carbocycles. The summed E-state index contributed by atoms with van der Waals surface area (Å²) in [5.41, 5.74) is 2.43. The van der Waals surface area contributed by atoms with E-state index in [1.54, 1.807) is 18.5 Å². The van der Waals surface area contributed by atoms with Gasteiger partial charge in [0.25, 0.3) is 0 Å². The number of hydrogen-bond acceptors (Lipinski definition) is 5. The molecule has 0 spiro atoms. The third-order valence-electron chi connectivity index (χ3n) is 4.07. The zero-order chi connectivity index (χ0) is 16.2. The molecule has 1 unspecified atom stereocenters. The first-order valence-electron chi connectivity index (χ1n) is 7.92. The molecule has 0 radical (unpaired) electrons. The molecule has 122 valence electrons. The van der Waals surface area contributed by atoms with E-state index in [-0.39, 0.29) is 11.9 Å². The summed E-state index contributed by atoms with van der Waals surface area (Å²) >= 11 is 0. The minimum atomic E-state index is -0.245. The molecule has 1 fully saturated rings. The normalized spacial score (nSPS) is 18.7. The van der Waals surface area contributed by atoms with Gasteiger partial charge in [0, 0.05) is 31.7 Å². The summed E-state index contributed by atoms with van der Waals surface area (Å²) in [4.78, 5) is 17.6. The molecule has 5 nitrogen and oxygen atoms in total. The van der Waals surface area contributed by atoms with E-state index < -0.39 is 0 Å². The van der Waals surface area contributed by atoms with E-state index in [0.29, 0.717) is 12.2 Å². The van der Waals surface area contributed by atoms with E-state index in [2.05, 4.69) is 19.8 Å².